The molecule has 0 atom stereocenters. The van der Waals surface area contributed by atoms with Crippen LogP contribution in [0.4, 0.5) is 17.6 Å². The normalized spacial score (nSPS) is 19.5. The van der Waals surface area contributed by atoms with Gasteiger partial charge in [0.15, 0.2) is 0 Å². The molecule has 0 aromatic heterocycles. The van der Waals surface area contributed by atoms with Crippen LogP contribution in [-0.4, -0.2) is 44.8 Å². The van der Waals surface area contributed by atoms with Gasteiger partial charge in [0.05, 0.1) is 24.9 Å². The van der Waals surface area contributed by atoms with E-state index in [2.05, 4.69) is 4.74 Å². The third-order valence-electron chi connectivity index (χ3n) is 4.94. The maximum absolute atomic E-state index is 15.4. The molecule has 1 aromatic carbocycles. The number of alkyl halides is 3. The molecule has 0 radical (unpaired) electrons. The Labute approximate surface area is 162 Å². The van der Waals surface area contributed by atoms with E-state index in [0.29, 0.717) is 11.3 Å². The van der Waals surface area contributed by atoms with Gasteiger partial charge in [-0.15, -0.1) is 0 Å². The van der Waals surface area contributed by atoms with Gasteiger partial charge in [0, 0.05) is 5.56 Å². The second kappa shape index (κ2) is 8.43. The summed E-state index contributed by atoms with van der Waals surface area (Å²) < 4.78 is 73.8. The average Bonchev–Trinajstić information content (AvgIpc) is 2.81. The van der Waals surface area contributed by atoms with Gasteiger partial charge in [-0.2, -0.15) is 13.2 Å². The lowest BCUT2D eigenvalue weighted by Gasteiger charge is -2.32. The number of hydrogen-bond acceptors (Lipinski definition) is 4. The highest BCUT2D eigenvalue weighted by atomic mass is 19.4. The molecule has 1 aliphatic rings. The second-order valence-electron chi connectivity index (χ2n) is 7.53. The number of methoxy groups -OCH3 is 1. The topological polar surface area (TPSA) is 36.9 Å². The van der Waals surface area contributed by atoms with E-state index >= 15 is 4.39 Å². The Morgan fingerprint density at radius 3 is 2.18 bits per heavy atom. The fourth-order valence-corrected chi connectivity index (χ4v) is 2.73. The van der Waals surface area contributed by atoms with Gasteiger partial charge in [0.1, 0.15) is 18.1 Å². The van der Waals surface area contributed by atoms with Gasteiger partial charge in [-0.25, -0.2) is 4.39 Å². The molecule has 0 saturated carbocycles. The summed E-state index contributed by atoms with van der Waals surface area (Å²) in [4.78, 5) is 0. The third kappa shape index (κ3) is 5.27. The molecule has 0 bridgehead atoms. The first-order valence-corrected chi connectivity index (χ1v) is 8.90. The van der Waals surface area contributed by atoms with Gasteiger partial charge in [0.2, 0.25) is 0 Å². The van der Waals surface area contributed by atoms with Crippen molar-refractivity contribution in [1.82, 2.24) is 0 Å². The molecule has 1 aromatic rings. The van der Waals surface area contributed by atoms with E-state index in [1.807, 2.05) is 0 Å². The zero-order valence-electron chi connectivity index (χ0n) is 16.7. The van der Waals surface area contributed by atoms with Crippen molar-refractivity contribution in [3.05, 3.63) is 35.6 Å². The van der Waals surface area contributed by atoms with Gasteiger partial charge in [-0.3, -0.25) is 0 Å². The van der Waals surface area contributed by atoms with Crippen LogP contribution >= 0.6 is 0 Å². The molecule has 1 saturated heterocycles. The number of hydrogen-bond donors (Lipinski definition) is 0. The highest BCUT2D eigenvalue weighted by Gasteiger charge is 2.53. The monoisotopic (exact) mass is 404 g/mol. The van der Waals surface area contributed by atoms with Crippen LogP contribution in [0.5, 0.6) is 5.75 Å². The maximum Gasteiger partial charge on any atom is 0.525 e. The predicted octanol–water partition coefficient (Wildman–Crippen LogP) is 4.98. The van der Waals surface area contributed by atoms with E-state index in [9.17, 15) is 13.2 Å². The first-order valence-electron chi connectivity index (χ1n) is 8.90. The van der Waals surface area contributed by atoms with E-state index in [0.717, 1.165) is 0 Å². The molecule has 156 valence electrons. The van der Waals surface area contributed by atoms with Crippen LogP contribution in [0.2, 0.25) is 0 Å². The van der Waals surface area contributed by atoms with E-state index in [-0.39, 0.29) is 18.6 Å². The summed E-state index contributed by atoms with van der Waals surface area (Å²) in [7, 11) is 0.163. The van der Waals surface area contributed by atoms with Crippen LogP contribution in [0.3, 0.4) is 0 Å². The van der Waals surface area contributed by atoms with E-state index in [4.69, 9.17) is 14.0 Å². The van der Waals surface area contributed by atoms with Crippen LogP contribution < -0.4 is 4.74 Å². The molecule has 0 amide bonds. The van der Waals surface area contributed by atoms with Gasteiger partial charge >= 0.3 is 13.3 Å². The Kier molecular flexibility index (Phi) is 6.84. The number of ether oxygens (including phenoxy) is 2. The van der Waals surface area contributed by atoms with Gasteiger partial charge in [-0.1, -0.05) is 18.2 Å². The molecule has 9 heteroatoms. The summed E-state index contributed by atoms with van der Waals surface area (Å²) in [5, 5.41) is 0. The number of rotatable bonds is 7. The highest BCUT2D eigenvalue weighted by molar-refractivity contribution is 6.55. The lowest BCUT2D eigenvalue weighted by Crippen LogP contribution is -2.41. The minimum Gasteiger partial charge on any atom is -0.496 e. The van der Waals surface area contributed by atoms with E-state index < -0.39 is 36.8 Å². The fourth-order valence-electron chi connectivity index (χ4n) is 2.73. The Hall–Kier alpha value is -1.58. The van der Waals surface area contributed by atoms with Crippen LogP contribution in [0.15, 0.2) is 30.0 Å². The van der Waals surface area contributed by atoms with Crippen molar-refractivity contribution in [3.8, 4) is 5.75 Å². The zero-order chi connectivity index (χ0) is 21.2. The Bertz CT molecular complexity index is 700. The van der Waals surface area contributed by atoms with Crippen LogP contribution in [0, 0.1) is 0 Å². The van der Waals surface area contributed by atoms with Gasteiger partial charge < -0.3 is 18.8 Å². The molecule has 4 nitrogen and oxygen atoms in total. The minimum atomic E-state index is -4.45. The molecule has 1 aliphatic heterocycles. The van der Waals surface area contributed by atoms with Crippen molar-refractivity contribution < 1.29 is 36.3 Å². The Morgan fingerprint density at radius 2 is 1.64 bits per heavy atom. The lowest BCUT2D eigenvalue weighted by molar-refractivity contribution is -0.173. The smallest absolute Gasteiger partial charge is 0.496 e. The zero-order valence-corrected chi connectivity index (χ0v) is 16.7. The molecule has 1 fully saturated rings. The van der Waals surface area contributed by atoms with Crippen LogP contribution in [0.1, 0.15) is 39.7 Å². The average molecular weight is 404 g/mol. The van der Waals surface area contributed by atoms with Crippen molar-refractivity contribution in [3.63, 3.8) is 0 Å². The largest absolute Gasteiger partial charge is 0.525 e. The SMILES string of the molecule is COc1ccccc1C(CCOCC(F)(F)F)=C(F)B1OC(C)(C)C(C)(C)O1. The Morgan fingerprint density at radius 1 is 1.07 bits per heavy atom. The summed E-state index contributed by atoms with van der Waals surface area (Å²) in [6, 6.07) is 6.67. The van der Waals surface area contributed by atoms with Crippen molar-refractivity contribution in [2.24, 2.45) is 0 Å². The van der Waals surface area contributed by atoms with Crippen molar-refractivity contribution >= 4 is 12.7 Å². The molecule has 0 unspecified atom stereocenters. The lowest BCUT2D eigenvalue weighted by atomic mass is 9.81. The van der Waals surface area contributed by atoms with E-state index in [1.54, 1.807) is 52.0 Å². The van der Waals surface area contributed by atoms with Gasteiger partial charge in [0.25, 0.3) is 0 Å². The fraction of sp³-hybridized carbons (Fsp3) is 0.579. The highest BCUT2D eigenvalue weighted by Crippen LogP contribution is 2.41. The first kappa shape index (κ1) is 22.7. The first-order chi connectivity index (χ1) is 12.9. The maximum atomic E-state index is 15.4. The molecule has 0 N–H and O–H groups in total. The Balaban J connectivity index is 2.33. The molecule has 0 aliphatic carbocycles. The molecule has 2 rings (SSSR count). The quantitative estimate of drug-likeness (QED) is 0.365. The summed E-state index contributed by atoms with van der Waals surface area (Å²) in [5.74, 6) is 0.389. The number of halogens is 4. The number of para-hydroxylation sites is 1. The van der Waals surface area contributed by atoms with Crippen molar-refractivity contribution in [2.75, 3.05) is 20.3 Å². The van der Waals surface area contributed by atoms with Crippen molar-refractivity contribution in [1.29, 1.82) is 0 Å². The van der Waals surface area contributed by atoms with Crippen LogP contribution in [-0.2, 0) is 14.0 Å². The van der Waals surface area contributed by atoms with Crippen molar-refractivity contribution in [2.45, 2.75) is 51.5 Å². The molecule has 1 heterocycles. The molecule has 0 spiro atoms. The second-order valence-corrected chi connectivity index (χ2v) is 7.53. The third-order valence-corrected chi connectivity index (χ3v) is 4.94. The summed E-state index contributed by atoms with van der Waals surface area (Å²) in [6.45, 7) is 5.43. The molecular weight excluding hydrogens is 379 g/mol. The minimum absolute atomic E-state index is 0.105. The number of benzene rings is 1. The van der Waals surface area contributed by atoms with E-state index in [1.165, 1.54) is 7.11 Å². The summed E-state index contributed by atoms with van der Waals surface area (Å²) in [6.07, 6.45) is -4.55. The predicted molar refractivity (Wildman–Crippen MR) is 98.6 cm³/mol. The summed E-state index contributed by atoms with van der Waals surface area (Å²) >= 11 is 0. The standard InChI is InChI=1S/C19H25BF4O4/c1-17(2)18(3,4)28-20(27-17)16(21)14(10-11-26-12-19(22,23)24)13-8-6-7-9-15(13)25-5/h6-9H,10-12H2,1-5H3. The molecule has 28 heavy (non-hydrogen) atoms. The van der Waals surface area contributed by atoms with Gasteiger partial charge in [-0.05, 0) is 45.8 Å². The van der Waals surface area contributed by atoms with Crippen LogP contribution in [0.25, 0.3) is 5.57 Å². The summed E-state index contributed by atoms with van der Waals surface area (Å²) in [5.41, 5.74) is -1.69. The molecular formula is C19H25BF4O4.